The smallest absolute Gasteiger partial charge is 0.00181 e. The summed E-state index contributed by atoms with van der Waals surface area (Å²) >= 11 is 2.07. The van der Waals surface area contributed by atoms with E-state index in [2.05, 4.69) is 66.2 Å². The fraction of sp³-hybridized carbons (Fsp3) is 0.750. The zero-order chi connectivity index (χ0) is 13.7. The van der Waals surface area contributed by atoms with Crippen molar-refractivity contribution < 1.29 is 0 Å². The minimum absolute atomic E-state index is 0.423. The number of hydrogen-bond acceptors (Lipinski definition) is 1. The lowest BCUT2D eigenvalue weighted by molar-refractivity contribution is 0.250. The van der Waals surface area contributed by atoms with Gasteiger partial charge in [-0.3, -0.25) is 0 Å². The maximum atomic E-state index is 4.00. The molecule has 1 aliphatic carbocycles. The molecule has 0 heterocycles. The zero-order valence-corrected chi connectivity index (χ0v) is 13.2. The summed E-state index contributed by atoms with van der Waals surface area (Å²) in [5.41, 5.74) is 2.52. The molecule has 0 aromatic carbocycles. The Hall–Kier alpha value is -0.350. The van der Waals surface area contributed by atoms with Gasteiger partial charge in [0, 0.05) is 0 Å². The maximum Gasteiger partial charge on any atom is -0.00181 e. The van der Waals surface area contributed by atoms with Crippen LogP contribution in [0.2, 0.25) is 0 Å². The Kier molecular flexibility index (Phi) is 6.41. The van der Waals surface area contributed by atoms with Gasteiger partial charge in [-0.1, -0.05) is 40.2 Å². The summed E-state index contributed by atoms with van der Waals surface area (Å²) < 4.78 is 0. The lowest BCUT2D eigenvalue weighted by Crippen LogP contribution is -2.30. The van der Waals surface area contributed by atoms with Crippen molar-refractivity contribution in [2.45, 2.75) is 60.8 Å². The van der Waals surface area contributed by atoms with E-state index in [1.165, 1.54) is 25.0 Å². The fourth-order valence-electron chi connectivity index (χ4n) is 2.41. The van der Waals surface area contributed by atoms with E-state index in [4.69, 9.17) is 0 Å². The second-order valence-electron chi connectivity index (χ2n) is 5.69. The van der Waals surface area contributed by atoms with Gasteiger partial charge in [0.15, 0.2) is 0 Å². The molecule has 0 amide bonds. The van der Waals surface area contributed by atoms with Gasteiger partial charge >= 0.3 is 0 Å². The minimum Gasteiger partial charge on any atom is -0.130 e. The Labute approximate surface area is 113 Å². The van der Waals surface area contributed by atoms with Crippen LogP contribution < -0.4 is 0 Å². The van der Waals surface area contributed by atoms with Crippen LogP contribution in [0.3, 0.4) is 0 Å². The molecule has 0 aliphatic heterocycles. The van der Waals surface area contributed by atoms with Crippen LogP contribution in [-0.2, 0) is 0 Å². The first kappa shape index (κ1) is 16.6. The van der Waals surface area contributed by atoms with Gasteiger partial charge in [-0.15, -0.1) is 24.6 Å². The molecule has 0 aromatic rings. The fourth-order valence-corrected chi connectivity index (χ4v) is 3.79. The zero-order valence-electron chi connectivity index (χ0n) is 12.4. The molecule has 0 N–H and O–H groups in total. The summed E-state index contributed by atoms with van der Waals surface area (Å²) in [6.45, 7) is 14.2. The summed E-state index contributed by atoms with van der Waals surface area (Å²) in [4.78, 5) is 1.68. The highest BCUT2D eigenvalue weighted by Crippen LogP contribution is 2.53. The third-order valence-corrected chi connectivity index (χ3v) is 5.65. The number of terminal acetylenes is 1. The number of allylic oxidation sites excluding steroid dienone is 2. The van der Waals surface area contributed by atoms with Gasteiger partial charge in [-0.25, -0.2) is 0 Å². The minimum atomic E-state index is 0.423. The molecule has 0 radical (unpaired) electrons. The summed E-state index contributed by atoms with van der Waals surface area (Å²) in [5.74, 6) is 1.21. The van der Waals surface area contributed by atoms with Crippen LogP contribution in [0, 0.1) is 23.7 Å². The van der Waals surface area contributed by atoms with Gasteiger partial charge in [0.05, 0.1) is 0 Å². The second-order valence-corrected chi connectivity index (χ2v) is 6.96. The molecule has 1 rings (SSSR count). The quantitative estimate of drug-likeness (QED) is 0.598. The lowest BCUT2D eigenvalue weighted by Gasteiger charge is -2.44. The van der Waals surface area contributed by atoms with Gasteiger partial charge in [0.25, 0.3) is 0 Å². The molecule has 0 fully saturated rings. The standard InChI is InChI=1S/C14H26S.C2H2/c1-7-14(6)10-9-13(4,5)11(3)12(14)15-8-2;1-2/h7-10H2,1-6H3;1-2H. The van der Waals surface area contributed by atoms with Crippen molar-refractivity contribution in [3.05, 3.63) is 10.5 Å². The Morgan fingerprint density at radius 2 is 1.65 bits per heavy atom. The van der Waals surface area contributed by atoms with Crippen molar-refractivity contribution in [3.63, 3.8) is 0 Å². The van der Waals surface area contributed by atoms with E-state index >= 15 is 0 Å². The molecule has 0 saturated carbocycles. The second kappa shape index (κ2) is 6.55. The summed E-state index contributed by atoms with van der Waals surface area (Å²) in [6, 6.07) is 0. The molecule has 0 spiro atoms. The van der Waals surface area contributed by atoms with E-state index in [0.29, 0.717) is 10.8 Å². The number of thioether (sulfide) groups is 1. The molecule has 0 nitrogen and oxygen atoms in total. The molecule has 17 heavy (non-hydrogen) atoms. The largest absolute Gasteiger partial charge is 0.130 e. The van der Waals surface area contributed by atoms with E-state index in [1.807, 2.05) is 0 Å². The molecular formula is C16H28S. The molecular weight excluding hydrogens is 224 g/mol. The SMILES string of the molecule is C#C.CCSC1=C(C)C(C)(C)CCC1(C)CC. The topological polar surface area (TPSA) is 0 Å². The van der Waals surface area contributed by atoms with E-state index in [1.54, 1.807) is 10.5 Å². The average molecular weight is 252 g/mol. The monoisotopic (exact) mass is 252 g/mol. The highest BCUT2D eigenvalue weighted by Gasteiger charge is 2.38. The van der Waals surface area contributed by atoms with Crippen LogP contribution in [0.1, 0.15) is 60.8 Å². The summed E-state index contributed by atoms with van der Waals surface area (Å²) in [5, 5.41) is 0. The third-order valence-electron chi connectivity index (χ3n) is 4.27. The van der Waals surface area contributed by atoms with Crippen molar-refractivity contribution in [2.75, 3.05) is 5.75 Å². The maximum absolute atomic E-state index is 4.00. The molecule has 1 aliphatic rings. The first-order chi connectivity index (χ1) is 7.87. The molecule has 0 aromatic heterocycles. The van der Waals surface area contributed by atoms with Gasteiger partial charge < -0.3 is 0 Å². The van der Waals surface area contributed by atoms with E-state index in [0.717, 1.165) is 0 Å². The summed E-state index contributed by atoms with van der Waals surface area (Å²) in [7, 11) is 0. The molecule has 98 valence electrons. The lowest BCUT2D eigenvalue weighted by atomic mass is 9.66. The van der Waals surface area contributed by atoms with Crippen LogP contribution in [0.15, 0.2) is 10.5 Å². The van der Waals surface area contributed by atoms with Crippen LogP contribution in [0.25, 0.3) is 0 Å². The van der Waals surface area contributed by atoms with Gasteiger partial charge in [-0.2, -0.15) is 0 Å². The first-order valence-corrected chi connectivity index (χ1v) is 7.54. The van der Waals surface area contributed by atoms with E-state index < -0.39 is 0 Å². The third kappa shape index (κ3) is 3.55. The van der Waals surface area contributed by atoms with E-state index in [-0.39, 0.29) is 0 Å². The normalized spacial score (nSPS) is 27.3. The van der Waals surface area contributed by atoms with Crippen molar-refractivity contribution in [1.29, 1.82) is 0 Å². The van der Waals surface area contributed by atoms with Crippen LogP contribution >= 0.6 is 11.8 Å². The molecule has 0 saturated heterocycles. The highest BCUT2D eigenvalue weighted by molar-refractivity contribution is 8.03. The summed E-state index contributed by atoms with van der Waals surface area (Å²) in [6.07, 6.45) is 12.0. The Morgan fingerprint density at radius 3 is 2.06 bits per heavy atom. The van der Waals surface area contributed by atoms with Gasteiger partial charge in [0.1, 0.15) is 0 Å². The predicted octanol–water partition coefficient (Wildman–Crippen LogP) is 5.50. The first-order valence-electron chi connectivity index (χ1n) is 6.55. The van der Waals surface area contributed by atoms with Crippen molar-refractivity contribution in [1.82, 2.24) is 0 Å². The van der Waals surface area contributed by atoms with Gasteiger partial charge in [-0.05, 0) is 47.7 Å². The van der Waals surface area contributed by atoms with Crippen LogP contribution in [0.4, 0.5) is 0 Å². The Bertz CT molecular complexity index is 296. The molecule has 1 atom stereocenters. The van der Waals surface area contributed by atoms with E-state index in [9.17, 15) is 0 Å². The Morgan fingerprint density at radius 1 is 1.12 bits per heavy atom. The molecule has 1 heteroatoms. The van der Waals surface area contributed by atoms with Crippen molar-refractivity contribution in [3.8, 4) is 12.8 Å². The van der Waals surface area contributed by atoms with Crippen LogP contribution in [-0.4, -0.2) is 5.75 Å². The average Bonchev–Trinajstić information content (AvgIpc) is 2.33. The van der Waals surface area contributed by atoms with Crippen molar-refractivity contribution >= 4 is 11.8 Å². The number of hydrogen-bond donors (Lipinski definition) is 0. The van der Waals surface area contributed by atoms with Gasteiger partial charge in [0.2, 0.25) is 0 Å². The highest BCUT2D eigenvalue weighted by atomic mass is 32.2. The molecule has 1 unspecified atom stereocenters. The van der Waals surface area contributed by atoms with Crippen LogP contribution in [0.5, 0.6) is 0 Å². The molecule has 0 bridgehead atoms. The number of rotatable bonds is 3. The van der Waals surface area contributed by atoms with Crippen molar-refractivity contribution in [2.24, 2.45) is 10.8 Å². The predicted molar refractivity (Wildman–Crippen MR) is 82.1 cm³/mol. The Balaban J connectivity index is 0.00000121.